The summed E-state index contributed by atoms with van der Waals surface area (Å²) in [6, 6.07) is 4.77. The minimum absolute atomic E-state index is 0.0429. The number of carbonyl (C=O) groups excluding carboxylic acids is 1. The number of hydrogen-bond donors (Lipinski definition) is 1. The van der Waals surface area contributed by atoms with Crippen LogP contribution in [-0.2, 0) is 20.9 Å². The molecule has 0 heterocycles. The van der Waals surface area contributed by atoms with E-state index in [0.29, 0.717) is 21.7 Å². The fraction of sp³-hybridized carbons (Fsp3) is 0.0909. The molecule has 1 rings (SSSR count). The highest BCUT2D eigenvalue weighted by Crippen LogP contribution is 2.21. The van der Waals surface area contributed by atoms with Gasteiger partial charge in [-0.25, -0.2) is 9.59 Å². The predicted molar refractivity (Wildman–Crippen MR) is 63.0 cm³/mol. The number of carboxylic acid groups (broad SMARTS) is 1. The second kappa shape index (κ2) is 6.27. The van der Waals surface area contributed by atoms with Gasteiger partial charge >= 0.3 is 11.9 Å². The van der Waals surface area contributed by atoms with Gasteiger partial charge in [-0.2, -0.15) is 0 Å². The highest BCUT2D eigenvalue weighted by molar-refractivity contribution is 6.35. The van der Waals surface area contributed by atoms with Crippen LogP contribution in [0.15, 0.2) is 30.4 Å². The van der Waals surface area contributed by atoms with Crippen molar-refractivity contribution in [1.82, 2.24) is 0 Å². The first-order chi connectivity index (χ1) is 7.99. The van der Waals surface area contributed by atoms with Crippen LogP contribution in [0.5, 0.6) is 0 Å². The Labute approximate surface area is 107 Å². The summed E-state index contributed by atoms with van der Waals surface area (Å²) >= 11 is 11.5. The zero-order valence-electron chi connectivity index (χ0n) is 8.52. The van der Waals surface area contributed by atoms with Gasteiger partial charge in [-0.1, -0.05) is 29.3 Å². The van der Waals surface area contributed by atoms with Crippen molar-refractivity contribution in [1.29, 1.82) is 0 Å². The zero-order valence-corrected chi connectivity index (χ0v) is 10.0. The Morgan fingerprint density at radius 2 is 2.00 bits per heavy atom. The first-order valence-electron chi connectivity index (χ1n) is 4.50. The molecule has 0 amide bonds. The Hall–Kier alpha value is -1.52. The Morgan fingerprint density at radius 1 is 1.29 bits per heavy atom. The first-order valence-corrected chi connectivity index (χ1v) is 5.26. The molecule has 4 nitrogen and oxygen atoms in total. The lowest BCUT2D eigenvalue weighted by Crippen LogP contribution is -2.02. The number of aliphatic carboxylic acids is 1. The quantitative estimate of drug-likeness (QED) is 0.677. The summed E-state index contributed by atoms with van der Waals surface area (Å²) in [5.41, 5.74) is 0.591. The lowest BCUT2D eigenvalue weighted by Gasteiger charge is -2.04. The van der Waals surface area contributed by atoms with E-state index in [2.05, 4.69) is 0 Å². The maximum absolute atomic E-state index is 11.1. The largest absolute Gasteiger partial charge is 0.478 e. The number of benzene rings is 1. The van der Waals surface area contributed by atoms with E-state index in [-0.39, 0.29) is 6.61 Å². The lowest BCUT2D eigenvalue weighted by atomic mass is 10.2. The molecule has 0 radical (unpaired) electrons. The van der Waals surface area contributed by atoms with E-state index >= 15 is 0 Å². The molecule has 90 valence electrons. The van der Waals surface area contributed by atoms with Crippen molar-refractivity contribution in [2.45, 2.75) is 6.61 Å². The number of esters is 1. The highest BCUT2D eigenvalue weighted by Gasteiger charge is 2.04. The van der Waals surface area contributed by atoms with Crippen LogP contribution < -0.4 is 0 Å². The molecule has 0 atom stereocenters. The second-order valence-corrected chi connectivity index (χ2v) is 3.86. The molecule has 0 saturated carbocycles. The maximum Gasteiger partial charge on any atom is 0.331 e. The molecule has 0 aliphatic heterocycles. The summed E-state index contributed by atoms with van der Waals surface area (Å²) in [6.45, 7) is -0.0429. The van der Waals surface area contributed by atoms with Crippen LogP contribution in [0.25, 0.3) is 0 Å². The van der Waals surface area contributed by atoms with Crippen molar-refractivity contribution < 1.29 is 19.4 Å². The van der Waals surface area contributed by atoms with Crippen molar-refractivity contribution >= 4 is 35.1 Å². The van der Waals surface area contributed by atoms with Crippen molar-refractivity contribution in [3.63, 3.8) is 0 Å². The molecule has 0 aromatic heterocycles. The van der Waals surface area contributed by atoms with Crippen LogP contribution >= 0.6 is 23.2 Å². The van der Waals surface area contributed by atoms with Gasteiger partial charge in [0.15, 0.2) is 0 Å². The fourth-order valence-corrected chi connectivity index (χ4v) is 1.44. The van der Waals surface area contributed by atoms with Crippen LogP contribution in [-0.4, -0.2) is 17.0 Å². The van der Waals surface area contributed by atoms with Crippen molar-refractivity contribution in [2.75, 3.05) is 0 Å². The summed E-state index contributed by atoms with van der Waals surface area (Å²) < 4.78 is 4.78. The van der Waals surface area contributed by atoms with E-state index in [4.69, 9.17) is 33.0 Å². The van der Waals surface area contributed by atoms with E-state index in [1.54, 1.807) is 12.1 Å². The van der Waals surface area contributed by atoms with Crippen molar-refractivity contribution in [2.24, 2.45) is 0 Å². The summed E-state index contributed by atoms with van der Waals surface area (Å²) in [6.07, 6.45) is 1.53. The molecule has 0 aliphatic carbocycles. The van der Waals surface area contributed by atoms with Gasteiger partial charge in [0.25, 0.3) is 0 Å². The standard InChI is InChI=1S/C11H8Cl2O4/c12-8-2-1-7(9(13)5-8)6-17-11(16)4-3-10(14)15/h1-5H,6H2,(H,14,15)/b4-3+. The molecule has 1 N–H and O–H groups in total. The third kappa shape index (κ3) is 4.89. The smallest absolute Gasteiger partial charge is 0.331 e. The van der Waals surface area contributed by atoms with Crippen molar-refractivity contribution in [3.8, 4) is 0 Å². The van der Waals surface area contributed by atoms with Gasteiger partial charge in [0.2, 0.25) is 0 Å². The molecular formula is C11H8Cl2O4. The SMILES string of the molecule is O=C(O)/C=C/C(=O)OCc1ccc(Cl)cc1Cl. The summed E-state index contributed by atoms with van der Waals surface area (Å²) in [7, 11) is 0. The maximum atomic E-state index is 11.1. The number of ether oxygens (including phenoxy) is 1. The molecule has 0 spiro atoms. The third-order valence-electron chi connectivity index (χ3n) is 1.75. The summed E-state index contributed by atoms with van der Waals surface area (Å²) in [4.78, 5) is 21.2. The summed E-state index contributed by atoms with van der Waals surface area (Å²) in [5.74, 6) is -1.97. The number of carbonyl (C=O) groups is 2. The average Bonchev–Trinajstić information content (AvgIpc) is 2.25. The molecular weight excluding hydrogens is 267 g/mol. The molecule has 0 aliphatic rings. The lowest BCUT2D eigenvalue weighted by molar-refractivity contribution is -0.139. The normalized spacial score (nSPS) is 10.5. The van der Waals surface area contributed by atoms with E-state index in [1.807, 2.05) is 0 Å². The summed E-state index contributed by atoms with van der Waals surface area (Å²) in [5, 5.41) is 9.16. The molecule has 0 bridgehead atoms. The Morgan fingerprint density at radius 3 is 2.59 bits per heavy atom. The first kappa shape index (κ1) is 13.5. The molecule has 6 heteroatoms. The topological polar surface area (TPSA) is 63.6 Å². The molecule has 0 fully saturated rings. The minimum Gasteiger partial charge on any atom is -0.478 e. The van der Waals surface area contributed by atoms with E-state index in [1.165, 1.54) is 6.07 Å². The molecule has 0 unspecified atom stereocenters. The van der Waals surface area contributed by atoms with Crippen LogP contribution in [0.2, 0.25) is 10.0 Å². The van der Waals surface area contributed by atoms with Crippen molar-refractivity contribution in [3.05, 3.63) is 46.0 Å². The van der Waals surface area contributed by atoms with Gasteiger partial charge in [-0.15, -0.1) is 0 Å². The second-order valence-electron chi connectivity index (χ2n) is 3.02. The monoisotopic (exact) mass is 274 g/mol. The van der Waals surface area contributed by atoms with Gasteiger partial charge < -0.3 is 9.84 Å². The van der Waals surface area contributed by atoms with Crippen LogP contribution in [0.4, 0.5) is 0 Å². The Kier molecular flexibility index (Phi) is 5.00. The zero-order chi connectivity index (χ0) is 12.8. The Bertz CT molecular complexity index is 469. The van der Waals surface area contributed by atoms with Crippen LogP contribution in [0.1, 0.15) is 5.56 Å². The molecule has 1 aromatic carbocycles. The third-order valence-corrected chi connectivity index (χ3v) is 2.33. The van der Waals surface area contributed by atoms with E-state index in [0.717, 1.165) is 6.08 Å². The van der Waals surface area contributed by atoms with Crippen LogP contribution in [0.3, 0.4) is 0 Å². The van der Waals surface area contributed by atoms with Gasteiger partial charge in [0.05, 0.1) is 0 Å². The van der Waals surface area contributed by atoms with Gasteiger partial charge in [-0.3, -0.25) is 0 Å². The molecule has 1 aromatic rings. The number of rotatable bonds is 4. The Balaban J connectivity index is 2.56. The van der Waals surface area contributed by atoms with E-state index in [9.17, 15) is 9.59 Å². The predicted octanol–water partition coefficient (Wildman–Crippen LogP) is 2.68. The minimum atomic E-state index is -1.22. The van der Waals surface area contributed by atoms with Gasteiger partial charge in [-0.05, 0) is 12.1 Å². The van der Waals surface area contributed by atoms with E-state index < -0.39 is 11.9 Å². The molecule has 0 saturated heterocycles. The number of hydrogen-bond acceptors (Lipinski definition) is 3. The number of carboxylic acids is 1. The highest BCUT2D eigenvalue weighted by atomic mass is 35.5. The van der Waals surface area contributed by atoms with Gasteiger partial charge in [0.1, 0.15) is 6.61 Å². The fourth-order valence-electron chi connectivity index (χ4n) is 0.975. The molecule has 17 heavy (non-hydrogen) atoms. The van der Waals surface area contributed by atoms with Crippen LogP contribution in [0, 0.1) is 0 Å². The average molecular weight is 275 g/mol. The number of halogens is 2. The van der Waals surface area contributed by atoms with Gasteiger partial charge in [0, 0.05) is 27.8 Å².